The van der Waals surface area contributed by atoms with E-state index in [0.29, 0.717) is 0 Å². The third-order valence-corrected chi connectivity index (χ3v) is 5.57. The van der Waals surface area contributed by atoms with Crippen molar-refractivity contribution in [3.8, 4) is 0 Å². The van der Waals surface area contributed by atoms with Crippen LogP contribution in [0.2, 0.25) is 0 Å². The number of hydrogen-bond donors (Lipinski definition) is 0. The lowest BCUT2D eigenvalue weighted by molar-refractivity contribution is -0.117. The second-order valence-electron chi connectivity index (χ2n) is 7.41. The Morgan fingerprint density at radius 2 is 0.900 bits per heavy atom. The van der Waals surface area contributed by atoms with E-state index >= 15 is 0 Å². The SMILES string of the molecule is C/C(=C\C(=O)C(c1ccccc1)(c1ccccc1)c1ccccc1)c1ccccc1. The first kappa shape index (κ1) is 19.6. The van der Waals surface area contributed by atoms with Crippen LogP contribution >= 0.6 is 0 Å². The molecule has 0 bridgehead atoms. The highest BCUT2D eigenvalue weighted by Gasteiger charge is 2.42. The van der Waals surface area contributed by atoms with Crippen LogP contribution in [0.15, 0.2) is 127 Å². The molecule has 0 unspecified atom stereocenters. The van der Waals surface area contributed by atoms with Crippen molar-refractivity contribution in [2.45, 2.75) is 12.3 Å². The molecule has 0 aromatic heterocycles. The summed E-state index contributed by atoms with van der Waals surface area (Å²) in [6, 6.07) is 40.3. The normalized spacial score (nSPS) is 11.8. The Morgan fingerprint density at radius 3 is 1.27 bits per heavy atom. The van der Waals surface area contributed by atoms with Crippen LogP contribution in [0.1, 0.15) is 29.2 Å². The zero-order valence-corrected chi connectivity index (χ0v) is 17.0. The molecule has 0 saturated carbocycles. The minimum Gasteiger partial charge on any atom is -0.293 e. The minimum atomic E-state index is -0.917. The molecule has 4 aromatic carbocycles. The summed E-state index contributed by atoms with van der Waals surface area (Å²) < 4.78 is 0. The first-order chi connectivity index (χ1) is 14.7. The molecule has 0 fully saturated rings. The maximum Gasteiger partial charge on any atom is 0.175 e. The average Bonchev–Trinajstić information content (AvgIpc) is 2.82. The van der Waals surface area contributed by atoms with Gasteiger partial charge in [-0.15, -0.1) is 0 Å². The van der Waals surface area contributed by atoms with Crippen LogP contribution in [0, 0.1) is 0 Å². The molecule has 0 saturated heterocycles. The Bertz CT molecular complexity index is 1030. The highest BCUT2D eigenvalue weighted by atomic mass is 16.1. The Balaban J connectivity index is 1.99. The number of carbonyl (C=O) groups excluding carboxylic acids is 1. The fraction of sp³-hybridized carbons (Fsp3) is 0.0690. The average molecular weight is 389 g/mol. The van der Waals surface area contributed by atoms with Crippen LogP contribution in [-0.4, -0.2) is 5.78 Å². The summed E-state index contributed by atoms with van der Waals surface area (Å²) >= 11 is 0. The third kappa shape index (κ3) is 3.62. The zero-order chi connectivity index (χ0) is 20.8. The van der Waals surface area contributed by atoms with Gasteiger partial charge in [0.1, 0.15) is 5.41 Å². The molecule has 0 spiro atoms. The highest BCUT2D eigenvalue weighted by molar-refractivity contribution is 6.08. The molecule has 146 valence electrons. The predicted octanol–water partition coefficient (Wildman–Crippen LogP) is 6.69. The molecule has 1 nitrogen and oxygen atoms in total. The first-order valence-corrected chi connectivity index (χ1v) is 10.2. The van der Waals surface area contributed by atoms with Crippen molar-refractivity contribution < 1.29 is 4.79 Å². The Morgan fingerprint density at radius 1 is 0.567 bits per heavy atom. The molecule has 0 heterocycles. The van der Waals surface area contributed by atoms with E-state index in [1.165, 1.54) is 0 Å². The summed E-state index contributed by atoms with van der Waals surface area (Å²) in [5.74, 6) is 0.0486. The summed E-state index contributed by atoms with van der Waals surface area (Å²) in [5, 5.41) is 0. The van der Waals surface area contributed by atoms with Crippen LogP contribution in [0.3, 0.4) is 0 Å². The van der Waals surface area contributed by atoms with E-state index < -0.39 is 5.41 Å². The second kappa shape index (κ2) is 8.75. The van der Waals surface area contributed by atoms with Crippen molar-refractivity contribution in [3.63, 3.8) is 0 Å². The molecule has 0 aliphatic rings. The molecule has 0 amide bonds. The molecule has 30 heavy (non-hydrogen) atoms. The van der Waals surface area contributed by atoms with Gasteiger partial charge < -0.3 is 0 Å². The summed E-state index contributed by atoms with van der Waals surface area (Å²) in [5.41, 5.74) is 3.97. The van der Waals surface area contributed by atoms with Crippen LogP contribution in [0.25, 0.3) is 5.57 Å². The number of carbonyl (C=O) groups is 1. The van der Waals surface area contributed by atoms with E-state index in [1.54, 1.807) is 6.08 Å². The van der Waals surface area contributed by atoms with Gasteiger partial charge in [-0.1, -0.05) is 121 Å². The Kier molecular flexibility index (Phi) is 5.72. The molecule has 0 radical (unpaired) electrons. The van der Waals surface area contributed by atoms with Crippen molar-refractivity contribution in [3.05, 3.63) is 150 Å². The number of benzene rings is 4. The van der Waals surface area contributed by atoms with E-state index in [2.05, 4.69) is 0 Å². The molecule has 0 N–H and O–H groups in total. The number of hydrogen-bond acceptors (Lipinski definition) is 1. The Hall–Kier alpha value is -3.71. The summed E-state index contributed by atoms with van der Waals surface area (Å²) in [6.07, 6.45) is 1.79. The molecule has 4 aromatic rings. The van der Waals surface area contributed by atoms with Gasteiger partial charge in [-0.3, -0.25) is 4.79 Å². The fourth-order valence-electron chi connectivity index (χ4n) is 4.08. The molecule has 1 heteroatoms. The van der Waals surface area contributed by atoms with Gasteiger partial charge in [0.15, 0.2) is 5.78 Å². The molecule has 4 rings (SSSR count). The molecular formula is C29H24O. The predicted molar refractivity (Wildman–Crippen MR) is 124 cm³/mol. The maximum absolute atomic E-state index is 14.2. The fourth-order valence-corrected chi connectivity index (χ4v) is 4.08. The van der Waals surface area contributed by atoms with Crippen LogP contribution in [0.5, 0.6) is 0 Å². The largest absolute Gasteiger partial charge is 0.293 e. The van der Waals surface area contributed by atoms with Gasteiger partial charge in [-0.05, 0) is 40.8 Å². The van der Waals surface area contributed by atoms with Crippen molar-refractivity contribution >= 4 is 11.4 Å². The van der Waals surface area contributed by atoms with E-state index in [4.69, 9.17) is 0 Å². The Labute approximate surface area is 178 Å². The van der Waals surface area contributed by atoms with Crippen molar-refractivity contribution in [1.82, 2.24) is 0 Å². The van der Waals surface area contributed by atoms with Gasteiger partial charge in [0.2, 0.25) is 0 Å². The lowest BCUT2D eigenvalue weighted by Crippen LogP contribution is -2.37. The van der Waals surface area contributed by atoms with E-state index in [9.17, 15) is 4.79 Å². The monoisotopic (exact) mass is 388 g/mol. The third-order valence-electron chi connectivity index (χ3n) is 5.57. The van der Waals surface area contributed by atoms with Gasteiger partial charge in [0, 0.05) is 0 Å². The smallest absolute Gasteiger partial charge is 0.175 e. The quantitative estimate of drug-likeness (QED) is 0.265. The van der Waals surface area contributed by atoms with Crippen molar-refractivity contribution in [2.75, 3.05) is 0 Å². The maximum atomic E-state index is 14.2. The molecule has 0 aliphatic carbocycles. The number of allylic oxidation sites excluding steroid dienone is 2. The lowest BCUT2D eigenvalue weighted by Gasteiger charge is -2.33. The highest BCUT2D eigenvalue weighted by Crippen LogP contribution is 2.41. The van der Waals surface area contributed by atoms with Gasteiger partial charge in [0.05, 0.1) is 0 Å². The molecule has 0 aliphatic heterocycles. The summed E-state index contributed by atoms with van der Waals surface area (Å²) in [7, 11) is 0. The lowest BCUT2D eigenvalue weighted by atomic mass is 9.66. The second-order valence-corrected chi connectivity index (χ2v) is 7.41. The van der Waals surface area contributed by atoms with Crippen LogP contribution < -0.4 is 0 Å². The summed E-state index contributed by atoms with van der Waals surface area (Å²) in [4.78, 5) is 14.2. The van der Waals surface area contributed by atoms with Gasteiger partial charge >= 0.3 is 0 Å². The van der Waals surface area contributed by atoms with Gasteiger partial charge in [0.25, 0.3) is 0 Å². The number of ketones is 1. The van der Waals surface area contributed by atoms with E-state index in [1.807, 2.05) is 128 Å². The summed E-state index contributed by atoms with van der Waals surface area (Å²) in [6.45, 7) is 2.00. The minimum absolute atomic E-state index is 0.0486. The topological polar surface area (TPSA) is 17.1 Å². The van der Waals surface area contributed by atoms with Crippen molar-refractivity contribution in [2.24, 2.45) is 0 Å². The molecule has 0 atom stereocenters. The van der Waals surface area contributed by atoms with Crippen molar-refractivity contribution in [1.29, 1.82) is 0 Å². The van der Waals surface area contributed by atoms with E-state index in [-0.39, 0.29) is 5.78 Å². The first-order valence-electron chi connectivity index (χ1n) is 10.2. The number of rotatable bonds is 6. The zero-order valence-electron chi connectivity index (χ0n) is 17.0. The van der Waals surface area contributed by atoms with Crippen LogP contribution in [-0.2, 0) is 10.2 Å². The molecular weight excluding hydrogens is 364 g/mol. The van der Waals surface area contributed by atoms with Gasteiger partial charge in [-0.25, -0.2) is 0 Å². The van der Waals surface area contributed by atoms with Gasteiger partial charge in [-0.2, -0.15) is 0 Å². The van der Waals surface area contributed by atoms with Crippen LogP contribution in [0.4, 0.5) is 0 Å². The standard InChI is InChI=1S/C29H24O/c1-23(24-14-6-2-7-15-24)22-28(30)29(25-16-8-3-9-17-25,26-18-10-4-11-19-26)27-20-12-5-13-21-27/h2-22H,1H3/b23-22+. The van der Waals surface area contributed by atoms with E-state index in [0.717, 1.165) is 27.8 Å².